The first-order valence-corrected chi connectivity index (χ1v) is 17.7. The zero-order valence-corrected chi connectivity index (χ0v) is 29.2. The van der Waals surface area contributed by atoms with E-state index in [2.05, 4.69) is 15.0 Å². The Kier molecular flexibility index (Phi) is 8.34. The lowest BCUT2D eigenvalue weighted by atomic mass is 9.94. The highest BCUT2D eigenvalue weighted by Crippen LogP contribution is 2.53. The summed E-state index contributed by atoms with van der Waals surface area (Å²) >= 11 is 0. The number of alkyl halides is 6. The second-order valence-corrected chi connectivity index (χ2v) is 13.3. The zero-order chi connectivity index (χ0) is 38.6. The Labute approximate surface area is 316 Å². The molecule has 4 aromatic carbocycles. The number of H-pyrrole nitrogens is 2. The molecular formula is C46H28F6N4. The first-order valence-electron chi connectivity index (χ1n) is 17.7. The fourth-order valence-corrected chi connectivity index (χ4v) is 7.53. The molecule has 0 fully saturated rings. The Hall–Kier alpha value is -6.94. The standard InChI is InChI=1S/C46H28F6N4/c47-45(48,49)41-42(46(50,51)52)44-40(30-19-11-4-12-20-30)36-26-24-34(55-36)38(28-15-7-2-8-16-28)32-22-21-31(53-32)37(27-13-5-1-6-14-27)33-23-25-35(54-33)39(43(41)56-44)29-17-9-3-10-18-29/h1-26,54-55H. The summed E-state index contributed by atoms with van der Waals surface area (Å²) in [7, 11) is 0. The smallest absolute Gasteiger partial charge is 0.354 e. The number of hydrogen-bond acceptors (Lipinski definition) is 2. The number of allylic oxidation sites excluding steroid dienone is 2. The van der Waals surface area contributed by atoms with E-state index in [1.165, 1.54) is 0 Å². The molecule has 10 heteroatoms. The molecule has 4 nitrogen and oxygen atoms in total. The van der Waals surface area contributed by atoms with Crippen molar-refractivity contribution in [2.24, 2.45) is 0 Å². The second-order valence-electron chi connectivity index (χ2n) is 13.3. The van der Waals surface area contributed by atoms with Crippen LogP contribution in [-0.2, 0) is 0 Å². The van der Waals surface area contributed by atoms with Crippen LogP contribution in [0.1, 0.15) is 22.8 Å². The third kappa shape index (κ3) is 6.09. The fourth-order valence-electron chi connectivity index (χ4n) is 7.53. The van der Waals surface area contributed by atoms with Crippen molar-refractivity contribution in [3.63, 3.8) is 0 Å². The number of rotatable bonds is 4. The lowest BCUT2D eigenvalue weighted by Crippen LogP contribution is -2.18. The molecule has 3 aromatic heterocycles. The van der Waals surface area contributed by atoms with Crippen LogP contribution in [-0.4, -0.2) is 32.3 Å². The summed E-state index contributed by atoms with van der Waals surface area (Å²) in [5, 5.41) is 0. The molecule has 0 unspecified atom stereocenters. The van der Waals surface area contributed by atoms with Crippen LogP contribution in [0.3, 0.4) is 0 Å². The minimum Gasteiger partial charge on any atom is -0.354 e. The average Bonchev–Trinajstić information content (AvgIpc) is 4.02. The van der Waals surface area contributed by atoms with E-state index in [-0.39, 0.29) is 33.3 Å². The number of aromatic nitrogens is 4. The topological polar surface area (TPSA) is 57.4 Å². The van der Waals surface area contributed by atoms with Crippen LogP contribution < -0.4 is 0 Å². The highest BCUT2D eigenvalue weighted by molar-refractivity contribution is 6.07. The third-order valence-electron chi connectivity index (χ3n) is 9.84. The van der Waals surface area contributed by atoms with Gasteiger partial charge in [0.25, 0.3) is 0 Å². The molecule has 2 aliphatic heterocycles. The summed E-state index contributed by atoms with van der Waals surface area (Å²) in [4.78, 5) is 16.2. The van der Waals surface area contributed by atoms with Crippen LogP contribution in [0.15, 0.2) is 146 Å². The van der Waals surface area contributed by atoms with Gasteiger partial charge in [0.2, 0.25) is 0 Å². The van der Waals surface area contributed by atoms with Gasteiger partial charge >= 0.3 is 12.4 Å². The number of benzene rings is 4. The van der Waals surface area contributed by atoms with Gasteiger partial charge in [-0.2, -0.15) is 26.3 Å². The maximum absolute atomic E-state index is 15.5. The minimum atomic E-state index is -5.46. The van der Waals surface area contributed by atoms with Gasteiger partial charge in [0, 0.05) is 44.3 Å². The molecule has 5 heterocycles. The van der Waals surface area contributed by atoms with Gasteiger partial charge in [-0.15, -0.1) is 0 Å². The highest BCUT2D eigenvalue weighted by Gasteiger charge is 2.52. The molecule has 7 aromatic rings. The maximum Gasteiger partial charge on any atom is 0.419 e. The van der Waals surface area contributed by atoms with E-state index in [1.54, 1.807) is 84.9 Å². The second kappa shape index (κ2) is 13.4. The van der Waals surface area contributed by atoms with Crippen molar-refractivity contribution in [2.45, 2.75) is 12.4 Å². The number of aromatic amines is 2. The summed E-state index contributed by atoms with van der Waals surface area (Å²) in [5.41, 5.74) is 0.00179. The molecule has 0 atom stereocenters. The van der Waals surface area contributed by atoms with Crippen molar-refractivity contribution in [1.82, 2.24) is 19.9 Å². The van der Waals surface area contributed by atoms with Gasteiger partial charge in [-0.3, -0.25) is 0 Å². The van der Waals surface area contributed by atoms with Crippen molar-refractivity contribution < 1.29 is 26.3 Å². The predicted molar refractivity (Wildman–Crippen MR) is 211 cm³/mol. The van der Waals surface area contributed by atoms with Gasteiger partial charge in [-0.1, -0.05) is 121 Å². The molecule has 9 rings (SSSR count). The SMILES string of the molecule is FC(F)(F)C1=C(C(F)(F)F)c2nc1c(-c1ccccc1)c1ccc([nH]1)c(-c1ccccc1)c1nc(c(-c3ccccc3)c3ccc([nH]3)c2-c2ccccc2)C=C1. The van der Waals surface area contributed by atoms with Gasteiger partial charge in [-0.05, 0) is 58.7 Å². The molecule has 0 radical (unpaired) electrons. The van der Waals surface area contributed by atoms with Crippen molar-refractivity contribution in [3.05, 3.63) is 168 Å². The Balaban J connectivity index is 1.58. The number of fused-ring (bicyclic) bond motifs is 8. The Morgan fingerprint density at radius 1 is 0.339 bits per heavy atom. The fraction of sp³-hybridized carbons (Fsp3) is 0.0435. The highest BCUT2D eigenvalue weighted by atomic mass is 19.4. The number of hydrogen-bond donors (Lipinski definition) is 2. The first-order chi connectivity index (χ1) is 27.1. The summed E-state index contributed by atoms with van der Waals surface area (Å²) < 4.78 is 93.1. The molecule has 0 saturated carbocycles. The Morgan fingerprint density at radius 3 is 0.929 bits per heavy atom. The van der Waals surface area contributed by atoms with Gasteiger partial charge in [0.05, 0.1) is 33.9 Å². The molecule has 2 aliphatic rings. The van der Waals surface area contributed by atoms with Gasteiger partial charge < -0.3 is 9.97 Å². The zero-order valence-electron chi connectivity index (χ0n) is 29.2. The predicted octanol–water partition coefficient (Wildman–Crippen LogP) is 13.2. The van der Waals surface area contributed by atoms with Crippen molar-refractivity contribution in [1.29, 1.82) is 0 Å². The first kappa shape index (κ1) is 34.8. The lowest BCUT2D eigenvalue weighted by molar-refractivity contribution is -0.0822. The normalized spacial score (nSPS) is 13.0. The number of nitrogens with one attached hydrogen (secondary N) is 2. The van der Waals surface area contributed by atoms with E-state index in [1.807, 2.05) is 72.8 Å². The Bertz CT molecular complexity index is 2660. The quantitative estimate of drug-likeness (QED) is 0.176. The monoisotopic (exact) mass is 750 g/mol. The molecule has 0 spiro atoms. The van der Waals surface area contributed by atoms with Crippen molar-refractivity contribution in [3.8, 4) is 44.5 Å². The van der Waals surface area contributed by atoms with Crippen LogP contribution in [0.25, 0.3) is 89.9 Å². The molecule has 2 N–H and O–H groups in total. The van der Waals surface area contributed by atoms with Gasteiger partial charge in [0.1, 0.15) is 0 Å². The van der Waals surface area contributed by atoms with Crippen molar-refractivity contribution >= 4 is 45.4 Å². The molecule has 0 aliphatic carbocycles. The van der Waals surface area contributed by atoms with E-state index >= 15 is 26.3 Å². The van der Waals surface area contributed by atoms with E-state index in [0.717, 1.165) is 11.1 Å². The Morgan fingerprint density at radius 2 is 0.625 bits per heavy atom. The molecule has 0 saturated heterocycles. The average molecular weight is 751 g/mol. The largest absolute Gasteiger partial charge is 0.419 e. The minimum absolute atomic E-state index is 0.140. The summed E-state index contributed by atoms with van der Waals surface area (Å²) in [6.07, 6.45) is -7.16. The molecule has 0 amide bonds. The summed E-state index contributed by atoms with van der Waals surface area (Å²) in [6, 6.07) is 41.4. The van der Waals surface area contributed by atoms with Gasteiger partial charge in [-0.25, -0.2) is 9.97 Å². The maximum atomic E-state index is 15.5. The van der Waals surface area contributed by atoms with E-state index < -0.39 is 34.9 Å². The van der Waals surface area contributed by atoms with Crippen LogP contribution >= 0.6 is 0 Å². The molecule has 56 heavy (non-hydrogen) atoms. The lowest BCUT2D eigenvalue weighted by Gasteiger charge is -2.16. The van der Waals surface area contributed by atoms with E-state index in [4.69, 9.17) is 4.98 Å². The number of nitrogens with zero attached hydrogens (tertiary/aromatic N) is 2. The van der Waals surface area contributed by atoms with E-state index in [0.29, 0.717) is 33.5 Å². The van der Waals surface area contributed by atoms with Crippen LogP contribution in [0, 0.1) is 0 Å². The third-order valence-corrected chi connectivity index (χ3v) is 9.84. The van der Waals surface area contributed by atoms with Crippen LogP contribution in [0.4, 0.5) is 26.3 Å². The molecular weight excluding hydrogens is 723 g/mol. The van der Waals surface area contributed by atoms with Crippen molar-refractivity contribution in [2.75, 3.05) is 0 Å². The summed E-state index contributed by atoms with van der Waals surface area (Å²) in [5.74, 6) is 0. The molecule has 274 valence electrons. The van der Waals surface area contributed by atoms with Crippen LogP contribution in [0.2, 0.25) is 0 Å². The summed E-state index contributed by atoms with van der Waals surface area (Å²) in [6.45, 7) is 0. The van der Waals surface area contributed by atoms with Gasteiger partial charge in [0.15, 0.2) is 0 Å². The van der Waals surface area contributed by atoms with E-state index in [9.17, 15) is 0 Å². The number of halogens is 6. The van der Waals surface area contributed by atoms with Crippen LogP contribution in [0.5, 0.6) is 0 Å². The molecule has 8 bridgehead atoms.